The third-order valence-corrected chi connectivity index (χ3v) is 6.52. The van der Waals surface area contributed by atoms with Crippen LogP contribution in [0.5, 0.6) is 0 Å². The molecule has 0 aliphatic carbocycles. The van der Waals surface area contributed by atoms with E-state index in [1.807, 2.05) is 29.8 Å². The normalized spacial score (nSPS) is 18.5. The highest BCUT2D eigenvalue weighted by atomic mass is 19.1. The number of rotatable bonds is 4. The maximum absolute atomic E-state index is 14.1. The Morgan fingerprint density at radius 2 is 1.97 bits per heavy atom. The van der Waals surface area contributed by atoms with Crippen molar-refractivity contribution < 1.29 is 18.7 Å². The van der Waals surface area contributed by atoms with Crippen LogP contribution >= 0.6 is 0 Å². The molecular formula is C25H26FN5O3. The molecule has 1 aliphatic rings. The van der Waals surface area contributed by atoms with Gasteiger partial charge in [0.2, 0.25) is 0 Å². The van der Waals surface area contributed by atoms with Crippen molar-refractivity contribution >= 4 is 33.9 Å². The van der Waals surface area contributed by atoms with Gasteiger partial charge in [-0.1, -0.05) is 18.2 Å². The van der Waals surface area contributed by atoms with E-state index < -0.39 is 18.4 Å². The Bertz CT molecular complexity index is 1410. The average Bonchev–Trinajstić information content (AvgIpc) is 3.36. The summed E-state index contributed by atoms with van der Waals surface area (Å²) in [6, 6.07) is 15.7. The number of piperidine rings is 1. The fourth-order valence-electron chi connectivity index (χ4n) is 4.81. The molecule has 2 amide bonds. The summed E-state index contributed by atoms with van der Waals surface area (Å²) in [6.45, 7) is 3.10. The summed E-state index contributed by atoms with van der Waals surface area (Å²) < 4.78 is 23.2. The number of likely N-dealkylation sites (tertiary alicyclic amines) is 1. The van der Waals surface area contributed by atoms with E-state index in [2.05, 4.69) is 29.7 Å². The number of para-hydroxylation sites is 1. The van der Waals surface area contributed by atoms with Gasteiger partial charge in [-0.15, -0.1) is 0 Å². The molecule has 4 aromatic rings. The molecule has 1 saturated heterocycles. The topological polar surface area (TPSA) is 95.4 Å². The van der Waals surface area contributed by atoms with E-state index in [0.717, 1.165) is 34.5 Å². The summed E-state index contributed by atoms with van der Waals surface area (Å²) in [7, 11) is 1.96. The molecule has 2 N–H and O–H groups in total. The van der Waals surface area contributed by atoms with Gasteiger partial charge in [0.1, 0.15) is 6.17 Å². The van der Waals surface area contributed by atoms with Gasteiger partial charge in [0.25, 0.3) is 5.91 Å². The zero-order valence-electron chi connectivity index (χ0n) is 19.1. The minimum absolute atomic E-state index is 0.0367. The van der Waals surface area contributed by atoms with Crippen LogP contribution in [0.2, 0.25) is 0 Å². The molecule has 1 aliphatic heterocycles. The number of primary amides is 1. The van der Waals surface area contributed by atoms with Crippen molar-refractivity contribution in [2.45, 2.75) is 32.2 Å². The Hall–Kier alpha value is -3.88. The number of carbonyl (C=O) groups excluding carboxylic acids is 2. The Morgan fingerprint density at radius 3 is 2.74 bits per heavy atom. The quantitative estimate of drug-likeness (QED) is 0.497. The molecule has 9 heteroatoms. The van der Waals surface area contributed by atoms with Gasteiger partial charge in [-0.2, -0.15) is 0 Å². The van der Waals surface area contributed by atoms with Gasteiger partial charge in [0, 0.05) is 36.6 Å². The summed E-state index contributed by atoms with van der Waals surface area (Å²) in [5.41, 5.74) is 9.24. The number of fused-ring (bicyclic) bond motifs is 2. The molecule has 1 fully saturated rings. The van der Waals surface area contributed by atoms with Crippen LogP contribution in [0.1, 0.15) is 23.7 Å². The minimum atomic E-state index is -1.34. The van der Waals surface area contributed by atoms with E-state index >= 15 is 0 Å². The first-order valence-electron chi connectivity index (χ1n) is 11.3. The summed E-state index contributed by atoms with van der Waals surface area (Å²) in [5, 5.41) is 1.14. The van der Waals surface area contributed by atoms with E-state index in [4.69, 9.17) is 15.5 Å². The standard InChI is InChI=1S/C25H26FN5O3/c1-3-31-19-7-5-4-6-15(19)13-21(31)23-28-18-12-16(8-9-20(18)29(23)2)24(32)30-11-10-17(26)22(14-30)34-25(27)33/h4-9,12-13,17,22H,3,10-11,14H2,1-2H3,(H2,27,33). The second kappa shape index (κ2) is 8.48. The zero-order valence-corrected chi connectivity index (χ0v) is 19.1. The molecule has 176 valence electrons. The third-order valence-electron chi connectivity index (χ3n) is 6.52. The molecule has 8 nitrogen and oxygen atoms in total. The number of nitrogens with zero attached hydrogens (tertiary/aromatic N) is 4. The molecule has 0 saturated carbocycles. The van der Waals surface area contributed by atoms with Gasteiger partial charge in [-0.3, -0.25) is 4.79 Å². The lowest BCUT2D eigenvalue weighted by molar-refractivity contribution is -0.00403. The van der Waals surface area contributed by atoms with Crippen LogP contribution < -0.4 is 5.73 Å². The molecule has 2 unspecified atom stereocenters. The minimum Gasteiger partial charge on any atom is -0.441 e. The summed E-state index contributed by atoms with van der Waals surface area (Å²) >= 11 is 0. The van der Waals surface area contributed by atoms with Crippen molar-refractivity contribution in [2.24, 2.45) is 12.8 Å². The number of imidazole rings is 1. The highest BCUT2D eigenvalue weighted by molar-refractivity contribution is 5.98. The maximum Gasteiger partial charge on any atom is 0.404 e. The Balaban J connectivity index is 1.48. The Kier molecular flexibility index (Phi) is 5.47. The number of amides is 2. The number of hydrogen-bond acceptors (Lipinski definition) is 4. The van der Waals surface area contributed by atoms with E-state index in [9.17, 15) is 14.0 Å². The van der Waals surface area contributed by atoms with Crippen molar-refractivity contribution in [2.75, 3.05) is 13.1 Å². The summed E-state index contributed by atoms with van der Waals surface area (Å²) in [6.07, 6.45) is -3.37. The largest absolute Gasteiger partial charge is 0.441 e. The van der Waals surface area contributed by atoms with Crippen LogP contribution in [0.4, 0.5) is 9.18 Å². The lowest BCUT2D eigenvalue weighted by Gasteiger charge is -2.34. The number of aromatic nitrogens is 3. The predicted molar refractivity (Wildman–Crippen MR) is 127 cm³/mol. The van der Waals surface area contributed by atoms with Gasteiger partial charge in [0.05, 0.1) is 23.3 Å². The van der Waals surface area contributed by atoms with Crippen LogP contribution in [0.15, 0.2) is 48.5 Å². The van der Waals surface area contributed by atoms with Gasteiger partial charge >= 0.3 is 6.09 Å². The molecule has 2 aromatic heterocycles. The first-order valence-corrected chi connectivity index (χ1v) is 11.3. The van der Waals surface area contributed by atoms with E-state index in [1.165, 1.54) is 4.90 Å². The van der Waals surface area contributed by atoms with Crippen molar-refractivity contribution in [3.8, 4) is 11.5 Å². The third kappa shape index (κ3) is 3.67. The summed E-state index contributed by atoms with van der Waals surface area (Å²) in [5.74, 6) is 0.549. The first kappa shape index (κ1) is 21.9. The van der Waals surface area contributed by atoms with Crippen LogP contribution in [0.25, 0.3) is 33.5 Å². The highest BCUT2D eigenvalue weighted by Gasteiger charge is 2.34. The number of benzene rings is 2. The second-order valence-corrected chi connectivity index (χ2v) is 8.56. The molecule has 0 bridgehead atoms. The fourth-order valence-corrected chi connectivity index (χ4v) is 4.81. The molecule has 5 rings (SSSR count). The number of aryl methyl sites for hydroxylation is 2. The monoisotopic (exact) mass is 463 g/mol. The second-order valence-electron chi connectivity index (χ2n) is 8.56. The molecule has 34 heavy (non-hydrogen) atoms. The van der Waals surface area contributed by atoms with Crippen molar-refractivity contribution in [1.29, 1.82) is 0 Å². The van der Waals surface area contributed by atoms with E-state index in [0.29, 0.717) is 11.1 Å². The lowest BCUT2D eigenvalue weighted by atomic mass is 10.0. The molecule has 2 aromatic carbocycles. The number of ether oxygens (including phenoxy) is 1. The maximum atomic E-state index is 14.1. The average molecular weight is 464 g/mol. The molecule has 3 heterocycles. The number of halogens is 1. The van der Waals surface area contributed by atoms with Crippen molar-refractivity contribution in [1.82, 2.24) is 19.0 Å². The number of carbonyl (C=O) groups is 2. The van der Waals surface area contributed by atoms with Crippen molar-refractivity contribution in [3.05, 3.63) is 54.1 Å². The Labute approximate surface area is 195 Å². The molecule has 2 atom stereocenters. The fraction of sp³-hybridized carbons (Fsp3) is 0.320. The summed E-state index contributed by atoms with van der Waals surface area (Å²) in [4.78, 5) is 30.6. The smallest absolute Gasteiger partial charge is 0.404 e. The number of alkyl halides is 1. The molecular weight excluding hydrogens is 437 g/mol. The van der Waals surface area contributed by atoms with Crippen LogP contribution in [-0.2, 0) is 18.3 Å². The predicted octanol–water partition coefficient (Wildman–Crippen LogP) is 3.86. The highest BCUT2D eigenvalue weighted by Crippen LogP contribution is 2.30. The van der Waals surface area contributed by atoms with Gasteiger partial charge in [0.15, 0.2) is 11.9 Å². The lowest BCUT2D eigenvalue weighted by Crippen LogP contribution is -2.49. The molecule has 0 radical (unpaired) electrons. The van der Waals surface area contributed by atoms with Crippen LogP contribution in [-0.4, -0.2) is 56.4 Å². The van der Waals surface area contributed by atoms with E-state index in [1.54, 1.807) is 12.1 Å². The SMILES string of the molecule is CCn1c(-c2nc3cc(C(=O)N4CCC(F)C(OC(N)=O)C4)ccc3n2C)cc2ccccc21. The van der Waals surface area contributed by atoms with Crippen LogP contribution in [0.3, 0.4) is 0 Å². The van der Waals surface area contributed by atoms with Crippen molar-refractivity contribution in [3.63, 3.8) is 0 Å². The van der Waals surface area contributed by atoms with Gasteiger partial charge in [-0.25, -0.2) is 14.2 Å². The Morgan fingerprint density at radius 1 is 1.18 bits per heavy atom. The molecule has 0 spiro atoms. The van der Waals surface area contributed by atoms with Crippen LogP contribution in [0, 0.1) is 0 Å². The first-order chi connectivity index (χ1) is 16.4. The van der Waals surface area contributed by atoms with Gasteiger partial charge < -0.3 is 24.5 Å². The number of nitrogens with two attached hydrogens (primary N) is 1. The van der Waals surface area contributed by atoms with Gasteiger partial charge in [-0.05, 0) is 43.7 Å². The number of hydrogen-bond donors (Lipinski definition) is 1. The van der Waals surface area contributed by atoms with E-state index in [-0.39, 0.29) is 25.4 Å². The zero-order chi connectivity index (χ0) is 24.0.